The highest BCUT2D eigenvalue weighted by molar-refractivity contribution is 5.65. The van der Waals surface area contributed by atoms with Crippen LogP contribution in [0.4, 0.5) is 11.8 Å². The van der Waals surface area contributed by atoms with Gasteiger partial charge < -0.3 is 19.5 Å². The zero-order valence-corrected chi connectivity index (χ0v) is 17.8. The van der Waals surface area contributed by atoms with Gasteiger partial charge in [0.25, 0.3) is 0 Å². The molecule has 0 aliphatic carbocycles. The summed E-state index contributed by atoms with van der Waals surface area (Å²) >= 11 is 0. The van der Waals surface area contributed by atoms with Crippen molar-refractivity contribution in [3.8, 4) is 11.3 Å². The molecule has 2 aliphatic heterocycles. The fourth-order valence-corrected chi connectivity index (χ4v) is 3.94. The highest BCUT2D eigenvalue weighted by Gasteiger charge is 2.25. The summed E-state index contributed by atoms with van der Waals surface area (Å²) in [5, 5.41) is 9.95. The zero-order chi connectivity index (χ0) is 21.8. The summed E-state index contributed by atoms with van der Waals surface area (Å²) in [6, 6.07) is 22.3. The van der Waals surface area contributed by atoms with Crippen molar-refractivity contribution in [2.45, 2.75) is 25.5 Å². The molecule has 7 nitrogen and oxygen atoms in total. The molecule has 32 heavy (non-hydrogen) atoms. The minimum absolute atomic E-state index is 0.176. The lowest BCUT2D eigenvalue weighted by Crippen LogP contribution is -2.36. The predicted octanol–water partition coefficient (Wildman–Crippen LogP) is 3.91. The van der Waals surface area contributed by atoms with Gasteiger partial charge in [0.1, 0.15) is 12.1 Å². The second-order valence-corrected chi connectivity index (χ2v) is 7.95. The van der Waals surface area contributed by atoms with E-state index in [2.05, 4.69) is 17.0 Å². The summed E-state index contributed by atoms with van der Waals surface area (Å²) < 4.78 is 11.1. The molecule has 0 bridgehead atoms. The molecular weight excluding hydrogens is 404 g/mol. The van der Waals surface area contributed by atoms with Crippen molar-refractivity contribution in [1.82, 2.24) is 9.97 Å². The SMILES string of the molecule is OC1CCN(c2cc(-c3ccccc3)nc(N(Cc3ccccc3)C3=COCO3)n2)CC1. The number of rotatable bonds is 6. The summed E-state index contributed by atoms with van der Waals surface area (Å²) in [5.41, 5.74) is 2.97. The summed E-state index contributed by atoms with van der Waals surface area (Å²) in [7, 11) is 0. The van der Waals surface area contributed by atoms with E-state index in [4.69, 9.17) is 19.4 Å². The molecule has 1 aromatic heterocycles. The van der Waals surface area contributed by atoms with Gasteiger partial charge in [-0.2, -0.15) is 4.98 Å². The molecule has 1 N–H and O–H groups in total. The third-order valence-electron chi connectivity index (χ3n) is 5.71. The summed E-state index contributed by atoms with van der Waals surface area (Å²) in [6.07, 6.45) is 2.83. The van der Waals surface area contributed by atoms with E-state index in [0.717, 1.165) is 48.6 Å². The number of aliphatic hydroxyl groups is 1. The first-order valence-electron chi connectivity index (χ1n) is 10.9. The normalized spacial score (nSPS) is 16.3. The molecule has 5 rings (SSSR count). The van der Waals surface area contributed by atoms with Crippen molar-refractivity contribution in [3.63, 3.8) is 0 Å². The predicted molar refractivity (Wildman–Crippen MR) is 123 cm³/mol. The van der Waals surface area contributed by atoms with Crippen LogP contribution < -0.4 is 9.80 Å². The Labute approximate surface area is 187 Å². The maximum absolute atomic E-state index is 9.95. The van der Waals surface area contributed by atoms with Gasteiger partial charge >= 0.3 is 0 Å². The molecule has 7 heteroatoms. The van der Waals surface area contributed by atoms with Crippen LogP contribution in [0.2, 0.25) is 0 Å². The monoisotopic (exact) mass is 430 g/mol. The van der Waals surface area contributed by atoms with E-state index in [9.17, 15) is 5.11 Å². The number of aliphatic hydroxyl groups excluding tert-OH is 1. The van der Waals surface area contributed by atoms with E-state index in [1.165, 1.54) is 0 Å². The first kappa shape index (κ1) is 20.3. The minimum atomic E-state index is -0.245. The zero-order valence-electron chi connectivity index (χ0n) is 17.8. The van der Waals surface area contributed by atoms with E-state index in [0.29, 0.717) is 18.4 Å². The Morgan fingerprint density at radius 2 is 1.69 bits per heavy atom. The fourth-order valence-electron chi connectivity index (χ4n) is 3.94. The summed E-state index contributed by atoms with van der Waals surface area (Å²) in [4.78, 5) is 14.0. The Balaban J connectivity index is 1.57. The number of piperidine rings is 1. The number of anilines is 2. The Kier molecular flexibility index (Phi) is 5.89. The molecule has 0 amide bonds. The van der Waals surface area contributed by atoms with E-state index in [1.807, 2.05) is 59.5 Å². The van der Waals surface area contributed by atoms with E-state index >= 15 is 0 Å². The van der Waals surface area contributed by atoms with Gasteiger partial charge in [0, 0.05) is 24.7 Å². The lowest BCUT2D eigenvalue weighted by Gasteiger charge is -2.31. The average Bonchev–Trinajstić information content (AvgIpc) is 3.39. The molecule has 2 aromatic carbocycles. The molecular formula is C25H26N4O3. The van der Waals surface area contributed by atoms with Crippen molar-refractivity contribution >= 4 is 11.8 Å². The number of aromatic nitrogens is 2. The van der Waals surface area contributed by atoms with Crippen LogP contribution in [0.1, 0.15) is 18.4 Å². The molecule has 3 heterocycles. The van der Waals surface area contributed by atoms with Crippen LogP contribution in [0, 0.1) is 0 Å². The highest BCUT2D eigenvalue weighted by atomic mass is 16.7. The minimum Gasteiger partial charge on any atom is -0.459 e. The summed E-state index contributed by atoms with van der Waals surface area (Å²) in [5.74, 6) is 1.98. The molecule has 0 radical (unpaired) electrons. The Bertz CT molecular complexity index is 1070. The fraction of sp³-hybridized carbons (Fsp3) is 0.280. The Hall–Kier alpha value is -3.58. The van der Waals surface area contributed by atoms with Crippen molar-refractivity contribution < 1.29 is 14.6 Å². The van der Waals surface area contributed by atoms with Crippen LogP contribution in [0.25, 0.3) is 11.3 Å². The van der Waals surface area contributed by atoms with Gasteiger partial charge in [-0.3, -0.25) is 4.90 Å². The second kappa shape index (κ2) is 9.28. The molecule has 0 unspecified atom stereocenters. The van der Waals surface area contributed by atoms with Gasteiger partial charge in [0.2, 0.25) is 18.6 Å². The van der Waals surface area contributed by atoms with Crippen LogP contribution in [0.3, 0.4) is 0 Å². The molecule has 1 fully saturated rings. The Morgan fingerprint density at radius 1 is 0.969 bits per heavy atom. The third-order valence-corrected chi connectivity index (χ3v) is 5.71. The van der Waals surface area contributed by atoms with Gasteiger partial charge in [-0.25, -0.2) is 4.98 Å². The van der Waals surface area contributed by atoms with E-state index in [1.54, 1.807) is 6.26 Å². The van der Waals surface area contributed by atoms with Gasteiger partial charge in [0.05, 0.1) is 18.3 Å². The van der Waals surface area contributed by atoms with Crippen molar-refractivity contribution in [3.05, 3.63) is 84.4 Å². The van der Waals surface area contributed by atoms with Crippen LogP contribution >= 0.6 is 0 Å². The lowest BCUT2D eigenvalue weighted by atomic mass is 10.1. The quantitative estimate of drug-likeness (QED) is 0.636. The smallest absolute Gasteiger partial charge is 0.235 e. The molecule has 164 valence electrons. The van der Waals surface area contributed by atoms with E-state index < -0.39 is 0 Å². The standard InChI is InChI=1S/C25H26N4O3/c30-21-11-13-28(14-12-21)23-15-22(20-9-5-2-6-10-20)26-25(27-23)29(24-17-31-18-32-24)16-19-7-3-1-4-8-19/h1-10,15,17,21,30H,11-14,16,18H2. The average molecular weight is 431 g/mol. The number of nitrogens with zero attached hydrogens (tertiary/aromatic N) is 4. The molecule has 3 aromatic rings. The topological polar surface area (TPSA) is 71.0 Å². The maximum atomic E-state index is 9.95. The van der Waals surface area contributed by atoms with Gasteiger partial charge in [-0.1, -0.05) is 60.7 Å². The van der Waals surface area contributed by atoms with Crippen LogP contribution in [-0.4, -0.2) is 41.1 Å². The van der Waals surface area contributed by atoms with Crippen molar-refractivity contribution in [2.24, 2.45) is 0 Å². The number of benzene rings is 2. The van der Waals surface area contributed by atoms with Crippen molar-refractivity contribution in [1.29, 1.82) is 0 Å². The first-order chi connectivity index (χ1) is 15.8. The van der Waals surface area contributed by atoms with Gasteiger partial charge in [0.15, 0.2) is 0 Å². The molecule has 0 atom stereocenters. The Morgan fingerprint density at radius 3 is 2.38 bits per heavy atom. The summed E-state index contributed by atoms with van der Waals surface area (Å²) in [6.45, 7) is 2.24. The van der Waals surface area contributed by atoms with Crippen LogP contribution in [0.15, 0.2) is 78.9 Å². The molecule has 0 spiro atoms. The lowest BCUT2D eigenvalue weighted by molar-refractivity contribution is 0.0780. The number of hydrogen-bond donors (Lipinski definition) is 1. The van der Waals surface area contributed by atoms with Crippen LogP contribution in [-0.2, 0) is 16.0 Å². The number of hydrogen-bond acceptors (Lipinski definition) is 7. The maximum Gasteiger partial charge on any atom is 0.235 e. The molecule has 0 saturated carbocycles. The van der Waals surface area contributed by atoms with Gasteiger partial charge in [-0.05, 0) is 18.4 Å². The third kappa shape index (κ3) is 4.53. The first-order valence-corrected chi connectivity index (χ1v) is 10.9. The van der Waals surface area contributed by atoms with Crippen LogP contribution in [0.5, 0.6) is 0 Å². The largest absolute Gasteiger partial charge is 0.459 e. The number of ether oxygens (including phenoxy) is 2. The van der Waals surface area contributed by atoms with Crippen molar-refractivity contribution in [2.75, 3.05) is 29.7 Å². The highest BCUT2D eigenvalue weighted by Crippen LogP contribution is 2.30. The second-order valence-electron chi connectivity index (χ2n) is 7.95. The van der Waals surface area contributed by atoms with E-state index in [-0.39, 0.29) is 12.9 Å². The molecule has 2 aliphatic rings. The molecule has 1 saturated heterocycles. The van der Waals surface area contributed by atoms with Gasteiger partial charge in [-0.15, -0.1) is 0 Å².